The Kier molecular flexibility index (Phi) is 54.9. The van der Waals surface area contributed by atoms with E-state index in [1.807, 2.05) is 0 Å². The summed E-state index contributed by atoms with van der Waals surface area (Å²) in [4.78, 5) is 47.5. The van der Waals surface area contributed by atoms with Gasteiger partial charge in [0.05, 0.1) is 0 Å². The molecule has 4 nitrogen and oxygen atoms in total. The molecule has 308 valence electrons. The van der Waals surface area contributed by atoms with E-state index >= 15 is 0 Å². The summed E-state index contributed by atoms with van der Waals surface area (Å²) in [5, 5.41) is 0. The number of hydrogen-bond acceptors (Lipinski definition) is 6. The van der Waals surface area contributed by atoms with Crippen molar-refractivity contribution in [2.75, 3.05) is 23.0 Å². The first-order valence-electron chi connectivity index (χ1n) is 20.9. The van der Waals surface area contributed by atoms with Crippen LogP contribution in [0, 0.1) is 23.7 Å². The summed E-state index contributed by atoms with van der Waals surface area (Å²) in [5.41, 5.74) is -7.13. The molecule has 0 aromatic rings. The zero-order chi connectivity index (χ0) is 38.3. The maximum Gasteiger partial charge on any atom is 2.00 e. The normalized spacial score (nSPS) is 12.0. The first-order chi connectivity index (χ1) is 23.5. The number of hydrogen-bond donors (Lipinski definition) is 0. The third-order valence-electron chi connectivity index (χ3n) is 9.28. The Labute approximate surface area is 386 Å². The maximum atomic E-state index is 11.9. The third kappa shape index (κ3) is 52.0. The van der Waals surface area contributed by atoms with Crippen molar-refractivity contribution in [1.29, 1.82) is 0 Å². The predicted octanol–water partition coefficient (Wildman–Crippen LogP) is 11.1. The average Bonchev–Trinajstić information content (AvgIpc) is 2.99. The second-order valence-electron chi connectivity index (χ2n) is 16.4. The molecular weight excluding hydrogens is 931 g/mol. The molecule has 0 atom stereocenters. The van der Waals surface area contributed by atoms with E-state index in [-0.39, 0.29) is 58.4 Å². The molecule has 0 bridgehead atoms. The number of rotatable bonds is 32. The molecule has 0 radical (unpaired) electrons. The zero-order valence-corrected chi connectivity index (χ0v) is 50.3. The molecule has 0 rings (SSSR count). The summed E-state index contributed by atoms with van der Waals surface area (Å²) in [6.07, 6.45) is 29.3. The molecule has 0 aliphatic heterocycles. The Morgan fingerprint density at radius 3 is 0.623 bits per heavy atom. The molecule has 0 aliphatic carbocycles. The Balaban J connectivity index is -0.000000274. The van der Waals surface area contributed by atoms with Crippen LogP contribution in [0.5, 0.6) is 0 Å². The van der Waals surface area contributed by atoms with E-state index in [0.717, 1.165) is 98.0 Å². The second-order valence-corrected chi connectivity index (χ2v) is 32.0. The third-order valence-corrected chi connectivity index (χ3v) is 23.4. The van der Waals surface area contributed by atoms with Gasteiger partial charge in [-0.2, -0.15) is 0 Å². The Morgan fingerprint density at radius 2 is 0.472 bits per heavy atom. The predicted molar refractivity (Wildman–Crippen MR) is 233 cm³/mol. The molecule has 0 N–H and O–H groups in total. The van der Waals surface area contributed by atoms with Crippen molar-refractivity contribution in [2.24, 2.45) is 23.7 Å². The van der Waals surface area contributed by atoms with Gasteiger partial charge in [-0.05, 0) is 72.4 Å². The van der Waals surface area contributed by atoms with E-state index < -0.39 is 31.5 Å². The minimum Gasteiger partial charge on any atom is -0.854 e. The molecule has 13 heteroatoms. The van der Waals surface area contributed by atoms with Crippen LogP contribution in [-0.4, -0.2) is 23.0 Å². The van der Waals surface area contributed by atoms with Gasteiger partial charge in [0.1, 0.15) is 0 Å². The molecule has 0 spiro atoms. The molecule has 0 heterocycles. The molecular formula is C40H84O4P2S4Zn3. The molecule has 0 aromatic carbocycles. The maximum absolute atomic E-state index is 11.9. The van der Waals surface area contributed by atoms with Gasteiger partial charge in [-0.3, -0.25) is 0 Å². The van der Waals surface area contributed by atoms with Gasteiger partial charge in [-0.15, -0.1) is 0 Å². The molecule has 0 saturated heterocycles. The van der Waals surface area contributed by atoms with E-state index in [4.69, 9.17) is 24.5 Å². The van der Waals surface area contributed by atoms with Crippen LogP contribution in [0.4, 0.5) is 0 Å². The topological polar surface area (TPSA) is 92.2 Å². The molecule has 0 amide bonds. The number of unbranched alkanes of at least 4 members (excludes halogenated alkanes) is 16. The van der Waals surface area contributed by atoms with Crippen LogP contribution in [-0.2, 0) is 103 Å². The van der Waals surface area contributed by atoms with Crippen LogP contribution in [0.25, 0.3) is 0 Å². The van der Waals surface area contributed by atoms with E-state index in [2.05, 4.69) is 55.4 Å². The van der Waals surface area contributed by atoms with Crippen molar-refractivity contribution in [3.05, 3.63) is 0 Å². The Bertz CT molecular complexity index is 752. The average molecular weight is 1020 g/mol. The van der Waals surface area contributed by atoms with Gasteiger partial charge in [-0.1, -0.05) is 184 Å². The van der Waals surface area contributed by atoms with Gasteiger partial charge < -0.3 is 55.5 Å². The summed E-state index contributed by atoms with van der Waals surface area (Å²) in [6, 6.07) is 0. The van der Waals surface area contributed by atoms with Gasteiger partial charge in [0, 0.05) is 0 Å². The molecule has 0 aromatic heterocycles. The minimum atomic E-state index is -3.56. The smallest absolute Gasteiger partial charge is 0.854 e. The zero-order valence-electron chi connectivity index (χ0n) is 36.4. The van der Waals surface area contributed by atoms with Crippen LogP contribution < -0.4 is 19.6 Å². The molecule has 0 fully saturated rings. The van der Waals surface area contributed by atoms with Crippen molar-refractivity contribution in [3.8, 4) is 0 Å². The van der Waals surface area contributed by atoms with Crippen molar-refractivity contribution < 1.29 is 78.0 Å². The van der Waals surface area contributed by atoms with Gasteiger partial charge in [0.25, 0.3) is 0 Å². The minimum absolute atomic E-state index is 0. The summed E-state index contributed by atoms with van der Waals surface area (Å²) >= 11 is 9.63. The van der Waals surface area contributed by atoms with Crippen molar-refractivity contribution >= 4 is 56.0 Å². The Hall–Kier alpha value is 3.97. The quantitative estimate of drug-likeness (QED) is 0.0289. The fraction of sp³-hybridized carbons (Fsp3) is 1.00. The Morgan fingerprint density at radius 1 is 0.321 bits per heavy atom. The van der Waals surface area contributed by atoms with Crippen molar-refractivity contribution in [3.63, 3.8) is 0 Å². The monoisotopic (exact) mass is 1010 g/mol. The van der Waals surface area contributed by atoms with Crippen LogP contribution in [0.3, 0.4) is 0 Å². The first-order valence-corrected chi connectivity index (χ1v) is 30.5. The van der Waals surface area contributed by atoms with Gasteiger partial charge >= 0.3 is 58.4 Å². The van der Waals surface area contributed by atoms with E-state index in [1.165, 1.54) is 103 Å². The van der Waals surface area contributed by atoms with Gasteiger partial charge in [-0.25, -0.2) is 20.1 Å². The summed E-state index contributed by atoms with van der Waals surface area (Å²) < 4.78 is 0. The van der Waals surface area contributed by atoms with E-state index in [9.17, 15) is 19.6 Å². The molecule has 0 unspecified atom stereocenters. The van der Waals surface area contributed by atoms with Gasteiger partial charge in [0.2, 0.25) is 0 Å². The fourth-order valence-corrected chi connectivity index (χ4v) is 16.4. The largest absolute Gasteiger partial charge is 2.00 e. The molecule has 0 saturated carbocycles. The standard InChI is InChI=1S/2C20H42O2PS2.3Zn/c2*1-19(2)15-11-7-5-9-13-17-25(23(21,22)24)18-14-10-6-8-12-16-20(3)4;;;/h2*19-20H,5-18H2,1-4H3;;;/q2*-3;3*+2. The van der Waals surface area contributed by atoms with E-state index in [1.54, 1.807) is 0 Å². The fourth-order valence-electron chi connectivity index (χ4n) is 6.06. The van der Waals surface area contributed by atoms with Crippen molar-refractivity contribution in [2.45, 2.75) is 209 Å². The van der Waals surface area contributed by atoms with Gasteiger partial charge in [0.15, 0.2) is 0 Å². The summed E-state index contributed by atoms with van der Waals surface area (Å²) in [5.74, 6) is 6.41. The molecule has 0 aliphatic rings. The summed E-state index contributed by atoms with van der Waals surface area (Å²) in [6.45, 7) is 18.2. The van der Waals surface area contributed by atoms with E-state index in [0.29, 0.717) is 0 Å². The van der Waals surface area contributed by atoms with Crippen LogP contribution in [0.1, 0.15) is 209 Å². The second kappa shape index (κ2) is 44.0. The van der Waals surface area contributed by atoms with Crippen molar-refractivity contribution in [1.82, 2.24) is 0 Å². The first kappa shape index (κ1) is 66.1. The SMILES string of the molecule is CC(C)CCCCCCCS(CCCCCCCC(C)C)=P([O-])([O-])[S-].CC(C)CCCCCCCS(CCCCCCCC(C)C)=P([O-])([O-])[S-].[Zn+2].[Zn+2].[Zn+2]. The molecule has 53 heavy (non-hydrogen) atoms. The van der Waals surface area contributed by atoms with Crippen LogP contribution in [0.2, 0.25) is 0 Å². The van der Waals surface area contributed by atoms with Crippen LogP contribution >= 0.6 is 11.4 Å². The van der Waals surface area contributed by atoms with Crippen LogP contribution in [0.15, 0.2) is 0 Å². The summed E-state index contributed by atoms with van der Waals surface area (Å²) in [7, 11) is -1.11.